The molecule has 0 bridgehead atoms. The maximum atomic E-state index is 11.3. The quantitative estimate of drug-likeness (QED) is 0.622. The molecule has 0 atom stereocenters. The van der Waals surface area contributed by atoms with Gasteiger partial charge in [-0.25, -0.2) is 0 Å². The summed E-state index contributed by atoms with van der Waals surface area (Å²) >= 11 is 0. The van der Waals surface area contributed by atoms with E-state index in [1.165, 1.54) is 0 Å². The monoisotopic (exact) mass is 215 g/mol. The molecular weight excluding hydrogens is 190 g/mol. The highest BCUT2D eigenvalue weighted by Gasteiger charge is 2.10. The van der Waals surface area contributed by atoms with Crippen molar-refractivity contribution in [1.82, 2.24) is 10.2 Å². The molecule has 1 amide bonds. The molecule has 0 saturated heterocycles. The highest BCUT2D eigenvalue weighted by Crippen LogP contribution is 2.00. The van der Waals surface area contributed by atoms with Crippen LogP contribution in [0.2, 0.25) is 0 Å². The predicted molar refractivity (Wildman–Crippen MR) is 63.7 cm³/mol. The number of nitrogens with one attached hydrogen (secondary N) is 1. The molecule has 0 heterocycles. The number of nitrogens with two attached hydrogens (primary N) is 1. The van der Waals surface area contributed by atoms with Crippen LogP contribution in [0.1, 0.15) is 33.6 Å². The summed E-state index contributed by atoms with van der Waals surface area (Å²) in [4.78, 5) is 13.6. The third kappa shape index (κ3) is 7.33. The number of rotatable bonds is 8. The number of carbonyl (C=O) groups is 1. The Hall–Kier alpha value is -0.610. The van der Waals surface area contributed by atoms with Crippen molar-refractivity contribution in [3.05, 3.63) is 0 Å². The molecular formula is C11H25N3O. The van der Waals surface area contributed by atoms with Gasteiger partial charge in [0.05, 0.1) is 0 Å². The van der Waals surface area contributed by atoms with Gasteiger partial charge in [0.25, 0.3) is 0 Å². The summed E-state index contributed by atoms with van der Waals surface area (Å²) in [5.41, 5.74) is 5.47. The van der Waals surface area contributed by atoms with Crippen LogP contribution in [0.5, 0.6) is 0 Å². The Morgan fingerprint density at radius 2 is 2.07 bits per heavy atom. The SMILES string of the molecule is CCNC(=O)CCN(CCCN)C(C)C. The van der Waals surface area contributed by atoms with Gasteiger partial charge in [-0.3, -0.25) is 4.79 Å². The minimum absolute atomic E-state index is 0.135. The van der Waals surface area contributed by atoms with Gasteiger partial charge < -0.3 is 16.0 Å². The zero-order valence-corrected chi connectivity index (χ0v) is 10.3. The summed E-state index contributed by atoms with van der Waals surface area (Å²) in [5.74, 6) is 0.135. The smallest absolute Gasteiger partial charge is 0.221 e. The number of carbonyl (C=O) groups excluding carboxylic acids is 1. The maximum absolute atomic E-state index is 11.3. The first-order valence-electron chi connectivity index (χ1n) is 5.82. The van der Waals surface area contributed by atoms with Crippen LogP contribution in [0.15, 0.2) is 0 Å². The van der Waals surface area contributed by atoms with E-state index in [9.17, 15) is 4.79 Å². The second-order valence-corrected chi connectivity index (χ2v) is 3.98. The van der Waals surface area contributed by atoms with Crippen LogP contribution in [0, 0.1) is 0 Å². The summed E-state index contributed by atoms with van der Waals surface area (Å²) < 4.78 is 0. The second-order valence-electron chi connectivity index (χ2n) is 3.98. The van der Waals surface area contributed by atoms with Crippen LogP contribution in [-0.2, 0) is 4.79 Å². The molecule has 0 saturated carbocycles. The Morgan fingerprint density at radius 3 is 2.53 bits per heavy atom. The van der Waals surface area contributed by atoms with Crippen LogP contribution in [0.3, 0.4) is 0 Å². The lowest BCUT2D eigenvalue weighted by atomic mass is 10.2. The molecule has 4 heteroatoms. The number of hydrogen-bond acceptors (Lipinski definition) is 3. The van der Waals surface area contributed by atoms with Gasteiger partial charge in [-0.1, -0.05) is 0 Å². The van der Waals surface area contributed by atoms with Crippen molar-refractivity contribution in [1.29, 1.82) is 0 Å². The van der Waals surface area contributed by atoms with E-state index in [1.807, 2.05) is 6.92 Å². The lowest BCUT2D eigenvalue weighted by Gasteiger charge is -2.25. The van der Waals surface area contributed by atoms with Crippen LogP contribution < -0.4 is 11.1 Å². The van der Waals surface area contributed by atoms with E-state index in [0.717, 1.165) is 19.5 Å². The normalized spacial score (nSPS) is 11.1. The summed E-state index contributed by atoms with van der Waals surface area (Å²) in [6.45, 7) is 9.46. The minimum atomic E-state index is 0.135. The fourth-order valence-electron chi connectivity index (χ4n) is 1.45. The molecule has 15 heavy (non-hydrogen) atoms. The molecule has 0 aromatic heterocycles. The molecule has 90 valence electrons. The Morgan fingerprint density at radius 1 is 1.40 bits per heavy atom. The second kappa shape index (κ2) is 8.68. The molecule has 0 rings (SSSR count). The Labute approximate surface area is 93.2 Å². The van der Waals surface area contributed by atoms with E-state index >= 15 is 0 Å². The third-order valence-electron chi connectivity index (χ3n) is 2.38. The average Bonchev–Trinajstić information content (AvgIpc) is 2.17. The largest absolute Gasteiger partial charge is 0.356 e. The Bertz CT molecular complexity index is 171. The van der Waals surface area contributed by atoms with Crippen LogP contribution in [0.25, 0.3) is 0 Å². The first-order valence-corrected chi connectivity index (χ1v) is 5.82. The van der Waals surface area contributed by atoms with Crippen molar-refractivity contribution in [2.75, 3.05) is 26.2 Å². The first-order chi connectivity index (χ1) is 7.11. The zero-order chi connectivity index (χ0) is 11.7. The van der Waals surface area contributed by atoms with Crippen LogP contribution >= 0.6 is 0 Å². The highest BCUT2D eigenvalue weighted by molar-refractivity contribution is 5.75. The van der Waals surface area contributed by atoms with Crippen molar-refractivity contribution in [2.45, 2.75) is 39.7 Å². The molecule has 0 unspecified atom stereocenters. The molecule has 0 radical (unpaired) electrons. The molecule has 0 fully saturated rings. The number of nitrogens with zero attached hydrogens (tertiary/aromatic N) is 1. The van der Waals surface area contributed by atoms with Crippen LogP contribution in [-0.4, -0.2) is 43.0 Å². The zero-order valence-electron chi connectivity index (χ0n) is 10.3. The van der Waals surface area contributed by atoms with Gasteiger partial charge in [0.2, 0.25) is 5.91 Å². The van der Waals surface area contributed by atoms with E-state index in [2.05, 4.69) is 24.1 Å². The Kier molecular flexibility index (Phi) is 8.33. The molecule has 0 spiro atoms. The minimum Gasteiger partial charge on any atom is -0.356 e. The predicted octanol–water partition coefficient (Wildman–Crippen LogP) is 0.572. The van der Waals surface area contributed by atoms with E-state index < -0.39 is 0 Å². The van der Waals surface area contributed by atoms with Gasteiger partial charge in [-0.15, -0.1) is 0 Å². The topological polar surface area (TPSA) is 58.4 Å². The van der Waals surface area contributed by atoms with Gasteiger partial charge in [0.15, 0.2) is 0 Å². The van der Waals surface area contributed by atoms with E-state index in [4.69, 9.17) is 5.73 Å². The Balaban J connectivity index is 3.79. The average molecular weight is 215 g/mol. The number of amides is 1. The van der Waals surface area contributed by atoms with Gasteiger partial charge >= 0.3 is 0 Å². The first kappa shape index (κ1) is 14.4. The van der Waals surface area contributed by atoms with Crippen molar-refractivity contribution in [3.8, 4) is 0 Å². The van der Waals surface area contributed by atoms with E-state index in [-0.39, 0.29) is 5.91 Å². The van der Waals surface area contributed by atoms with Gasteiger partial charge in [0, 0.05) is 25.6 Å². The lowest BCUT2D eigenvalue weighted by molar-refractivity contribution is -0.121. The van der Waals surface area contributed by atoms with E-state index in [1.54, 1.807) is 0 Å². The summed E-state index contributed by atoms with van der Waals surface area (Å²) in [6.07, 6.45) is 1.57. The molecule has 3 N–H and O–H groups in total. The van der Waals surface area contributed by atoms with Gasteiger partial charge in [-0.05, 0) is 40.3 Å². The molecule has 0 aromatic rings. The number of hydrogen-bond donors (Lipinski definition) is 2. The van der Waals surface area contributed by atoms with Gasteiger partial charge in [0.1, 0.15) is 0 Å². The summed E-state index contributed by atoms with van der Waals surface area (Å²) in [5, 5.41) is 2.81. The van der Waals surface area contributed by atoms with Crippen molar-refractivity contribution < 1.29 is 4.79 Å². The fraction of sp³-hybridized carbons (Fsp3) is 0.909. The lowest BCUT2D eigenvalue weighted by Crippen LogP contribution is -2.36. The summed E-state index contributed by atoms with van der Waals surface area (Å²) in [6, 6.07) is 0.478. The molecule has 0 aliphatic carbocycles. The standard InChI is InChI=1S/C11H25N3O/c1-4-13-11(15)6-9-14(10(2)3)8-5-7-12/h10H,4-9,12H2,1-3H3,(H,13,15). The van der Waals surface area contributed by atoms with Crippen molar-refractivity contribution in [2.24, 2.45) is 5.73 Å². The van der Waals surface area contributed by atoms with Crippen molar-refractivity contribution in [3.63, 3.8) is 0 Å². The molecule has 4 nitrogen and oxygen atoms in total. The third-order valence-corrected chi connectivity index (χ3v) is 2.38. The summed E-state index contributed by atoms with van der Waals surface area (Å²) in [7, 11) is 0. The highest BCUT2D eigenvalue weighted by atomic mass is 16.1. The van der Waals surface area contributed by atoms with E-state index in [0.29, 0.717) is 25.6 Å². The fourth-order valence-corrected chi connectivity index (χ4v) is 1.45. The van der Waals surface area contributed by atoms with Crippen LogP contribution in [0.4, 0.5) is 0 Å². The molecule has 0 aliphatic heterocycles. The van der Waals surface area contributed by atoms with Gasteiger partial charge in [-0.2, -0.15) is 0 Å². The molecule has 0 aliphatic rings. The maximum Gasteiger partial charge on any atom is 0.221 e. The van der Waals surface area contributed by atoms with Crippen molar-refractivity contribution >= 4 is 5.91 Å². The molecule has 0 aromatic carbocycles.